The molecule has 1 aromatic heterocycles. The molecule has 0 fully saturated rings. The Kier molecular flexibility index (Phi) is 3.99. The number of benzene rings is 3. The van der Waals surface area contributed by atoms with Crippen molar-refractivity contribution < 1.29 is 4.79 Å². The number of carbonyl (C=O) groups excluding carboxylic acids is 1. The van der Waals surface area contributed by atoms with Gasteiger partial charge in [-0.25, -0.2) is 4.68 Å². The molecule has 25 heavy (non-hydrogen) atoms. The maximum Gasteiger partial charge on any atom is 0.216 e. The third kappa shape index (κ3) is 2.90. The fourth-order valence-corrected chi connectivity index (χ4v) is 3.20. The lowest BCUT2D eigenvalue weighted by atomic mass is 10.1. The maximum absolute atomic E-state index is 12.6. The van der Waals surface area contributed by atoms with Crippen LogP contribution in [-0.2, 0) is 0 Å². The van der Waals surface area contributed by atoms with Gasteiger partial charge >= 0.3 is 0 Å². The van der Waals surface area contributed by atoms with Crippen molar-refractivity contribution in [3.8, 4) is 5.69 Å². The zero-order chi connectivity index (χ0) is 17.4. The Hall–Kier alpha value is -2.69. The summed E-state index contributed by atoms with van der Waals surface area (Å²) in [6, 6.07) is 18.6. The molecular formula is C19H11Cl2N3O. The first-order valence-corrected chi connectivity index (χ1v) is 8.29. The number of carbonyl (C=O) groups is 1. The zero-order valence-electron chi connectivity index (χ0n) is 12.9. The predicted octanol–water partition coefficient (Wildman–Crippen LogP) is 4.96. The molecule has 0 N–H and O–H groups in total. The van der Waals surface area contributed by atoms with Crippen molar-refractivity contribution in [2.24, 2.45) is 0 Å². The first kappa shape index (κ1) is 15.8. The van der Waals surface area contributed by atoms with Gasteiger partial charge in [-0.05, 0) is 29.7 Å². The third-order valence-electron chi connectivity index (χ3n) is 3.92. The topological polar surface area (TPSA) is 47.8 Å². The van der Waals surface area contributed by atoms with Crippen molar-refractivity contribution in [1.29, 1.82) is 0 Å². The Balaban J connectivity index is 1.76. The van der Waals surface area contributed by atoms with E-state index in [1.165, 1.54) is 6.07 Å². The predicted molar refractivity (Wildman–Crippen MR) is 98.8 cm³/mol. The molecule has 1 heterocycles. The zero-order valence-corrected chi connectivity index (χ0v) is 14.4. The molecule has 0 bridgehead atoms. The molecule has 0 spiro atoms. The van der Waals surface area contributed by atoms with E-state index in [0.29, 0.717) is 10.6 Å². The van der Waals surface area contributed by atoms with Gasteiger partial charge in [-0.2, -0.15) is 0 Å². The summed E-state index contributed by atoms with van der Waals surface area (Å²) in [5.41, 5.74) is 1.42. The number of aromatic nitrogens is 3. The van der Waals surface area contributed by atoms with Gasteiger partial charge in [-0.1, -0.05) is 64.8 Å². The fraction of sp³-hybridized carbons (Fsp3) is 0. The van der Waals surface area contributed by atoms with Crippen molar-refractivity contribution >= 4 is 39.8 Å². The third-order valence-corrected chi connectivity index (χ3v) is 4.46. The molecule has 122 valence electrons. The van der Waals surface area contributed by atoms with E-state index in [9.17, 15) is 4.79 Å². The highest BCUT2D eigenvalue weighted by molar-refractivity contribution is 6.37. The molecule has 0 atom stereocenters. The largest absolute Gasteiger partial charge is 0.287 e. The molecule has 3 aromatic carbocycles. The summed E-state index contributed by atoms with van der Waals surface area (Å²) in [5, 5.41) is 11.0. The molecular weight excluding hydrogens is 357 g/mol. The summed E-state index contributed by atoms with van der Waals surface area (Å²) in [7, 11) is 0. The van der Waals surface area contributed by atoms with Gasteiger partial charge in [0.1, 0.15) is 0 Å². The minimum Gasteiger partial charge on any atom is -0.287 e. The highest BCUT2D eigenvalue weighted by Gasteiger charge is 2.17. The Bertz CT molecular complexity index is 1100. The summed E-state index contributed by atoms with van der Waals surface area (Å²) in [6.07, 6.45) is 1.61. The molecule has 0 saturated heterocycles. The average molecular weight is 368 g/mol. The number of nitrogens with zero attached hydrogens (tertiary/aromatic N) is 3. The van der Waals surface area contributed by atoms with E-state index in [0.717, 1.165) is 16.5 Å². The lowest BCUT2D eigenvalue weighted by Crippen LogP contribution is -2.02. The van der Waals surface area contributed by atoms with Crippen LogP contribution in [0, 0.1) is 0 Å². The molecule has 0 aliphatic heterocycles. The lowest BCUT2D eigenvalue weighted by Gasteiger charge is -2.05. The van der Waals surface area contributed by atoms with E-state index in [1.54, 1.807) is 23.0 Å². The van der Waals surface area contributed by atoms with E-state index in [1.807, 2.05) is 42.5 Å². The van der Waals surface area contributed by atoms with Gasteiger partial charge < -0.3 is 0 Å². The molecule has 6 heteroatoms. The second kappa shape index (κ2) is 6.31. The summed E-state index contributed by atoms with van der Waals surface area (Å²) in [6.45, 7) is 0. The molecule has 0 saturated carbocycles. The van der Waals surface area contributed by atoms with Gasteiger partial charge in [-0.15, -0.1) is 5.10 Å². The van der Waals surface area contributed by atoms with Gasteiger partial charge in [0.2, 0.25) is 5.78 Å². The molecule has 4 aromatic rings. The first-order chi connectivity index (χ1) is 12.1. The van der Waals surface area contributed by atoms with Gasteiger partial charge in [0, 0.05) is 16.0 Å². The molecule has 0 amide bonds. The van der Waals surface area contributed by atoms with Crippen LogP contribution in [0.1, 0.15) is 16.1 Å². The van der Waals surface area contributed by atoms with Crippen LogP contribution in [0.15, 0.2) is 66.9 Å². The molecule has 4 nitrogen and oxygen atoms in total. The van der Waals surface area contributed by atoms with Crippen molar-refractivity contribution in [2.45, 2.75) is 0 Å². The van der Waals surface area contributed by atoms with Gasteiger partial charge in [-0.3, -0.25) is 4.79 Å². The average Bonchev–Trinajstić information content (AvgIpc) is 3.10. The Morgan fingerprint density at radius 3 is 2.60 bits per heavy atom. The molecule has 0 aliphatic rings. The molecule has 0 aliphatic carbocycles. The van der Waals surface area contributed by atoms with Crippen LogP contribution in [0.2, 0.25) is 10.0 Å². The van der Waals surface area contributed by atoms with E-state index in [4.69, 9.17) is 23.2 Å². The van der Waals surface area contributed by atoms with Crippen molar-refractivity contribution in [3.05, 3.63) is 88.2 Å². The Morgan fingerprint density at radius 1 is 0.960 bits per heavy atom. The molecule has 0 unspecified atom stereocenters. The highest BCUT2D eigenvalue weighted by Crippen LogP contribution is 2.24. The molecule has 0 radical (unpaired) electrons. The van der Waals surface area contributed by atoms with Crippen LogP contribution < -0.4 is 0 Å². The second-order valence-electron chi connectivity index (χ2n) is 5.50. The van der Waals surface area contributed by atoms with E-state index in [-0.39, 0.29) is 16.5 Å². The summed E-state index contributed by atoms with van der Waals surface area (Å²) in [5.74, 6) is -0.298. The number of fused-ring (bicyclic) bond motifs is 1. The first-order valence-electron chi connectivity index (χ1n) is 7.54. The molecule has 4 rings (SSSR count). The van der Waals surface area contributed by atoms with Gasteiger partial charge in [0.25, 0.3) is 0 Å². The van der Waals surface area contributed by atoms with Crippen molar-refractivity contribution in [2.75, 3.05) is 0 Å². The SMILES string of the molecule is O=C(c1cn(-c2cccc3ccccc23)nn1)c1ccc(Cl)cc1Cl. The van der Waals surface area contributed by atoms with Gasteiger partial charge in [0.05, 0.1) is 16.9 Å². The Morgan fingerprint density at radius 2 is 1.76 bits per heavy atom. The van der Waals surface area contributed by atoms with Gasteiger partial charge in [0.15, 0.2) is 5.69 Å². The fourth-order valence-electron chi connectivity index (χ4n) is 2.71. The monoisotopic (exact) mass is 367 g/mol. The number of hydrogen-bond acceptors (Lipinski definition) is 3. The minimum atomic E-state index is -0.298. The number of hydrogen-bond donors (Lipinski definition) is 0. The van der Waals surface area contributed by atoms with Crippen LogP contribution in [-0.4, -0.2) is 20.8 Å². The van der Waals surface area contributed by atoms with E-state index >= 15 is 0 Å². The summed E-state index contributed by atoms with van der Waals surface area (Å²) in [4.78, 5) is 12.6. The standard InChI is InChI=1S/C19H11Cl2N3O/c20-13-8-9-15(16(21)10-13)19(25)17-11-24(23-22-17)18-7-3-5-12-4-1-2-6-14(12)18/h1-11H. The van der Waals surface area contributed by atoms with E-state index < -0.39 is 0 Å². The van der Waals surface area contributed by atoms with Crippen molar-refractivity contribution in [1.82, 2.24) is 15.0 Å². The van der Waals surface area contributed by atoms with Crippen LogP contribution in [0.5, 0.6) is 0 Å². The minimum absolute atomic E-state index is 0.220. The number of ketones is 1. The van der Waals surface area contributed by atoms with Crippen molar-refractivity contribution in [3.63, 3.8) is 0 Å². The van der Waals surface area contributed by atoms with Crippen LogP contribution in [0.25, 0.3) is 16.5 Å². The van der Waals surface area contributed by atoms with Crippen LogP contribution in [0.3, 0.4) is 0 Å². The lowest BCUT2D eigenvalue weighted by molar-refractivity contribution is 0.103. The Labute approximate surface area is 153 Å². The normalized spacial score (nSPS) is 11.0. The van der Waals surface area contributed by atoms with E-state index in [2.05, 4.69) is 10.3 Å². The summed E-state index contributed by atoms with van der Waals surface area (Å²) < 4.78 is 1.60. The summed E-state index contributed by atoms with van der Waals surface area (Å²) >= 11 is 12.0. The maximum atomic E-state index is 12.6. The second-order valence-corrected chi connectivity index (χ2v) is 6.34. The quantitative estimate of drug-likeness (QED) is 0.481. The van der Waals surface area contributed by atoms with Crippen LogP contribution >= 0.6 is 23.2 Å². The van der Waals surface area contributed by atoms with Crippen LogP contribution in [0.4, 0.5) is 0 Å². The smallest absolute Gasteiger partial charge is 0.216 e. The number of halogens is 2. The number of rotatable bonds is 3. The highest BCUT2D eigenvalue weighted by atomic mass is 35.5.